The average molecular weight is 210 g/mol. The molecule has 1 aromatic rings. The summed E-state index contributed by atoms with van der Waals surface area (Å²) < 4.78 is 0. The van der Waals surface area contributed by atoms with Crippen molar-refractivity contribution >= 4 is 11.4 Å². The van der Waals surface area contributed by atoms with Crippen LogP contribution in [0.3, 0.4) is 0 Å². The molecule has 0 bridgehead atoms. The SMILES string of the molecule is CC(N=C1C=CC=CC1=N)c1ccccc1. The summed E-state index contributed by atoms with van der Waals surface area (Å²) in [6.45, 7) is 2.04. The van der Waals surface area contributed by atoms with Gasteiger partial charge in [-0.25, -0.2) is 0 Å². The van der Waals surface area contributed by atoms with Gasteiger partial charge in [0.25, 0.3) is 0 Å². The highest BCUT2D eigenvalue weighted by atomic mass is 14.8. The van der Waals surface area contributed by atoms with Crippen LogP contribution in [-0.2, 0) is 0 Å². The molecule has 2 nitrogen and oxygen atoms in total. The highest BCUT2D eigenvalue weighted by Crippen LogP contribution is 2.16. The summed E-state index contributed by atoms with van der Waals surface area (Å²) in [4.78, 5) is 4.54. The summed E-state index contributed by atoms with van der Waals surface area (Å²) in [5.74, 6) is 0. The van der Waals surface area contributed by atoms with Gasteiger partial charge >= 0.3 is 0 Å². The molecule has 2 heteroatoms. The Morgan fingerprint density at radius 2 is 1.75 bits per heavy atom. The molecule has 0 aliphatic heterocycles. The third kappa shape index (κ3) is 2.34. The van der Waals surface area contributed by atoms with E-state index in [4.69, 9.17) is 5.41 Å². The fraction of sp³-hybridized carbons (Fsp3) is 0.143. The first-order chi connectivity index (χ1) is 7.77. The Bertz CT molecular complexity index is 467. The molecule has 1 aliphatic carbocycles. The second-order valence-corrected chi connectivity index (χ2v) is 3.73. The maximum Gasteiger partial charge on any atom is 0.0831 e. The first-order valence-corrected chi connectivity index (χ1v) is 5.34. The molecule has 0 saturated heterocycles. The average Bonchev–Trinajstić information content (AvgIpc) is 2.33. The zero-order valence-electron chi connectivity index (χ0n) is 9.22. The maximum absolute atomic E-state index is 7.73. The Morgan fingerprint density at radius 3 is 2.44 bits per heavy atom. The topological polar surface area (TPSA) is 36.2 Å². The van der Waals surface area contributed by atoms with Gasteiger partial charge < -0.3 is 0 Å². The van der Waals surface area contributed by atoms with E-state index >= 15 is 0 Å². The largest absolute Gasteiger partial charge is 0.299 e. The third-order valence-electron chi connectivity index (χ3n) is 2.52. The summed E-state index contributed by atoms with van der Waals surface area (Å²) in [5.41, 5.74) is 2.40. The standard InChI is InChI=1S/C14H14N2/c1-11(12-7-3-2-4-8-12)16-14-10-6-5-9-13(14)15/h2-11,15H,1H3. The van der Waals surface area contributed by atoms with E-state index in [1.807, 2.05) is 43.4 Å². The Kier molecular flexibility index (Phi) is 3.10. The lowest BCUT2D eigenvalue weighted by Crippen LogP contribution is -2.11. The Balaban J connectivity index is 2.21. The Morgan fingerprint density at radius 1 is 1.06 bits per heavy atom. The minimum absolute atomic E-state index is 0.0905. The predicted molar refractivity (Wildman–Crippen MR) is 68.3 cm³/mol. The lowest BCUT2D eigenvalue weighted by Gasteiger charge is -2.10. The fourth-order valence-electron chi connectivity index (χ4n) is 1.60. The van der Waals surface area contributed by atoms with Gasteiger partial charge in [-0.3, -0.25) is 10.4 Å². The first kappa shape index (κ1) is 10.6. The van der Waals surface area contributed by atoms with Gasteiger partial charge in [-0.1, -0.05) is 42.5 Å². The molecule has 0 saturated carbocycles. The third-order valence-corrected chi connectivity index (χ3v) is 2.52. The molecule has 2 rings (SSSR count). The molecule has 1 unspecified atom stereocenters. The van der Waals surface area contributed by atoms with Crippen molar-refractivity contribution in [3.63, 3.8) is 0 Å². The van der Waals surface area contributed by atoms with Crippen LogP contribution in [0.15, 0.2) is 59.6 Å². The monoisotopic (exact) mass is 210 g/mol. The molecule has 1 N–H and O–H groups in total. The molecule has 16 heavy (non-hydrogen) atoms. The van der Waals surface area contributed by atoms with Crippen LogP contribution in [0.4, 0.5) is 0 Å². The van der Waals surface area contributed by atoms with E-state index in [1.165, 1.54) is 5.56 Å². The highest BCUT2D eigenvalue weighted by Gasteiger charge is 2.07. The maximum atomic E-state index is 7.73. The van der Waals surface area contributed by atoms with Crippen LogP contribution in [-0.4, -0.2) is 11.4 Å². The van der Waals surface area contributed by atoms with Gasteiger partial charge in [0, 0.05) is 0 Å². The zero-order valence-corrected chi connectivity index (χ0v) is 9.22. The molecule has 80 valence electrons. The van der Waals surface area contributed by atoms with Crippen LogP contribution in [0.25, 0.3) is 0 Å². The van der Waals surface area contributed by atoms with Crippen LogP contribution < -0.4 is 0 Å². The molecular weight excluding hydrogens is 196 g/mol. The predicted octanol–water partition coefficient (Wildman–Crippen LogP) is 3.33. The molecule has 1 aromatic carbocycles. The fourth-order valence-corrected chi connectivity index (χ4v) is 1.60. The number of allylic oxidation sites excluding steroid dienone is 4. The molecule has 0 spiro atoms. The van der Waals surface area contributed by atoms with Crippen LogP contribution in [0.2, 0.25) is 0 Å². The Labute approximate surface area is 95.5 Å². The molecule has 0 heterocycles. The molecular formula is C14H14N2. The summed E-state index contributed by atoms with van der Waals surface area (Å²) in [7, 11) is 0. The normalized spacial score (nSPS) is 19.1. The Hall–Kier alpha value is -1.96. The van der Waals surface area contributed by atoms with Crippen molar-refractivity contribution in [1.82, 2.24) is 0 Å². The summed E-state index contributed by atoms with van der Waals surface area (Å²) in [5, 5.41) is 7.73. The van der Waals surface area contributed by atoms with Crippen molar-refractivity contribution in [2.45, 2.75) is 13.0 Å². The van der Waals surface area contributed by atoms with Crippen LogP contribution in [0.5, 0.6) is 0 Å². The van der Waals surface area contributed by atoms with Gasteiger partial charge in [-0.05, 0) is 24.6 Å². The van der Waals surface area contributed by atoms with Crippen LogP contribution in [0.1, 0.15) is 18.5 Å². The lowest BCUT2D eigenvalue weighted by molar-refractivity contribution is 0.823. The molecule has 0 aromatic heterocycles. The van der Waals surface area contributed by atoms with Crippen LogP contribution in [0, 0.1) is 5.41 Å². The summed E-state index contributed by atoms with van der Waals surface area (Å²) in [6.07, 6.45) is 7.40. The van der Waals surface area contributed by atoms with Crippen LogP contribution >= 0.6 is 0 Å². The highest BCUT2D eigenvalue weighted by molar-refractivity contribution is 6.50. The van der Waals surface area contributed by atoms with Crippen molar-refractivity contribution in [2.24, 2.45) is 4.99 Å². The molecule has 0 amide bonds. The molecule has 0 fully saturated rings. The summed E-state index contributed by atoms with van der Waals surface area (Å²) >= 11 is 0. The van der Waals surface area contributed by atoms with E-state index < -0.39 is 0 Å². The molecule has 0 radical (unpaired) electrons. The minimum Gasteiger partial charge on any atom is -0.299 e. The van der Waals surface area contributed by atoms with Crippen molar-refractivity contribution < 1.29 is 0 Å². The van der Waals surface area contributed by atoms with E-state index in [0.717, 1.165) is 5.71 Å². The number of rotatable bonds is 2. The van der Waals surface area contributed by atoms with E-state index in [9.17, 15) is 0 Å². The quantitative estimate of drug-likeness (QED) is 0.727. The molecule has 1 atom stereocenters. The van der Waals surface area contributed by atoms with Gasteiger partial charge in [-0.2, -0.15) is 0 Å². The second-order valence-electron chi connectivity index (χ2n) is 3.73. The van der Waals surface area contributed by atoms with E-state index in [2.05, 4.69) is 17.1 Å². The number of nitrogens with zero attached hydrogens (tertiary/aromatic N) is 1. The first-order valence-electron chi connectivity index (χ1n) is 5.34. The number of hydrogen-bond acceptors (Lipinski definition) is 2. The van der Waals surface area contributed by atoms with Crippen molar-refractivity contribution in [1.29, 1.82) is 5.41 Å². The summed E-state index contributed by atoms with van der Waals surface area (Å²) in [6, 6.07) is 10.2. The van der Waals surface area contributed by atoms with Gasteiger partial charge in [0.05, 0.1) is 17.5 Å². The van der Waals surface area contributed by atoms with E-state index in [-0.39, 0.29) is 6.04 Å². The number of nitrogens with one attached hydrogen (secondary N) is 1. The van der Waals surface area contributed by atoms with Gasteiger partial charge in [0.2, 0.25) is 0 Å². The van der Waals surface area contributed by atoms with E-state index in [1.54, 1.807) is 6.08 Å². The zero-order chi connectivity index (χ0) is 11.4. The van der Waals surface area contributed by atoms with Crippen molar-refractivity contribution in [2.75, 3.05) is 0 Å². The van der Waals surface area contributed by atoms with Gasteiger partial charge in [-0.15, -0.1) is 0 Å². The van der Waals surface area contributed by atoms with Gasteiger partial charge in [0.15, 0.2) is 0 Å². The molecule has 1 aliphatic rings. The smallest absolute Gasteiger partial charge is 0.0831 e. The van der Waals surface area contributed by atoms with Crippen molar-refractivity contribution in [3.8, 4) is 0 Å². The number of hydrogen-bond donors (Lipinski definition) is 1. The minimum atomic E-state index is 0.0905. The van der Waals surface area contributed by atoms with Gasteiger partial charge in [0.1, 0.15) is 0 Å². The second kappa shape index (κ2) is 4.71. The number of benzene rings is 1. The van der Waals surface area contributed by atoms with E-state index in [0.29, 0.717) is 5.71 Å². The lowest BCUT2D eigenvalue weighted by atomic mass is 10.1. The number of aliphatic imine (C=N–C) groups is 1. The van der Waals surface area contributed by atoms with Crippen molar-refractivity contribution in [3.05, 3.63) is 60.2 Å².